The highest BCUT2D eigenvalue weighted by Crippen LogP contribution is 2.33. The van der Waals surface area contributed by atoms with Gasteiger partial charge in [0.25, 0.3) is 12.3 Å². The van der Waals surface area contributed by atoms with Crippen molar-refractivity contribution in [1.29, 1.82) is 0 Å². The number of halogens is 2. The number of rotatable bonds is 8. The normalized spacial score (nSPS) is 12.1. The van der Waals surface area contributed by atoms with E-state index in [0.29, 0.717) is 11.3 Å². The molecule has 7 nitrogen and oxygen atoms in total. The van der Waals surface area contributed by atoms with Crippen LogP contribution in [0.3, 0.4) is 0 Å². The highest BCUT2D eigenvalue weighted by Gasteiger charge is 2.30. The van der Waals surface area contributed by atoms with E-state index >= 15 is 0 Å². The van der Waals surface area contributed by atoms with Crippen molar-refractivity contribution in [3.63, 3.8) is 0 Å². The predicted molar refractivity (Wildman–Crippen MR) is 118 cm³/mol. The molecule has 1 atom stereocenters. The number of aromatic nitrogens is 2. The predicted octanol–water partition coefficient (Wildman–Crippen LogP) is 5.46. The third-order valence-corrected chi connectivity index (χ3v) is 5.20. The zero-order valence-corrected chi connectivity index (χ0v) is 18.7. The van der Waals surface area contributed by atoms with Crippen LogP contribution in [-0.4, -0.2) is 26.8 Å². The summed E-state index contributed by atoms with van der Waals surface area (Å²) < 4.78 is 34.4. The van der Waals surface area contributed by atoms with Crippen LogP contribution >= 0.6 is 0 Å². The fourth-order valence-corrected chi connectivity index (χ4v) is 3.33. The third kappa shape index (κ3) is 5.36. The van der Waals surface area contributed by atoms with Gasteiger partial charge in [-0.25, -0.2) is 18.3 Å². The molecule has 1 aromatic heterocycles. The SMILES string of the molecule is CC(C)c1cccc(Oc2c(C(=O)NC(C)c3ccc(C(=O)O)cc3)c(C(F)F)nn2C)c1. The van der Waals surface area contributed by atoms with Crippen LogP contribution in [-0.2, 0) is 7.05 Å². The van der Waals surface area contributed by atoms with Crippen molar-refractivity contribution in [3.05, 3.63) is 76.5 Å². The molecule has 1 heterocycles. The van der Waals surface area contributed by atoms with E-state index in [1.54, 1.807) is 37.3 Å². The molecule has 0 aliphatic carbocycles. The molecule has 0 bridgehead atoms. The van der Waals surface area contributed by atoms with Crippen LogP contribution in [0.25, 0.3) is 0 Å². The van der Waals surface area contributed by atoms with Gasteiger partial charge in [0.1, 0.15) is 17.0 Å². The maximum Gasteiger partial charge on any atom is 0.335 e. The van der Waals surface area contributed by atoms with Crippen LogP contribution in [0, 0.1) is 0 Å². The molecule has 9 heteroatoms. The molecule has 33 heavy (non-hydrogen) atoms. The lowest BCUT2D eigenvalue weighted by Crippen LogP contribution is -2.27. The average molecular weight is 457 g/mol. The maximum absolute atomic E-state index is 13.7. The highest BCUT2D eigenvalue weighted by atomic mass is 19.3. The number of alkyl halides is 2. The largest absolute Gasteiger partial charge is 0.478 e. The Morgan fingerprint density at radius 2 is 1.73 bits per heavy atom. The van der Waals surface area contributed by atoms with Crippen molar-refractivity contribution in [2.75, 3.05) is 0 Å². The first-order chi connectivity index (χ1) is 15.6. The number of ether oxygens (including phenoxy) is 1. The van der Waals surface area contributed by atoms with Crippen LogP contribution in [0.15, 0.2) is 48.5 Å². The number of carboxylic acids is 1. The summed E-state index contributed by atoms with van der Waals surface area (Å²) >= 11 is 0. The highest BCUT2D eigenvalue weighted by molar-refractivity contribution is 5.98. The van der Waals surface area contributed by atoms with E-state index in [1.165, 1.54) is 19.2 Å². The van der Waals surface area contributed by atoms with Gasteiger partial charge in [0.05, 0.1) is 11.6 Å². The van der Waals surface area contributed by atoms with Crippen molar-refractivity contribution < 1.29 is 28.2 Å². The van der Waals surface area contributed by atoms with E-state index in [1.807, 2.05) is 19.9 Å². The van der Waals surface area contributed by atoms with Crippen LogP contribution < -0.4 is 10.1 Å². The number of aromatic carboxylic acids is 1. The zero-order chi connectivity index (χ0) is 24.3. The molecule has 1 amide bonds. The summed E-state index contributed by atoms with van der Waals surface area (Å²) in [6, 6.07) is 12.5. The van der Waals surface area contributed by atoms with Crippen molar-refractivity contribution in [3.8, 4) is 11.6 Å². The molecule has 0 spiro atoms. The molecule has 0 radical (unpaired) electrons. The van der Waals surface area contributed by atoms with E-state index in [0.717, 1.165) is 10.2 Å². The van der Waals surface area contributed by atoms with Crippen molar-refractivity contribution in [2.24, 2.45) is 7.05 Å². The lowest BCUT2D eigenvalue weighted by molar-refractivity contribution is 0.0696. The summed E-state index contributed by atoms with van der Waals surface area (Å²) in [4.78, 5) is 24.1. The van der Waals surface area contributed by atoms with E-state index < -0.39 is 30.0 Å². The molecule has 174 valence electrons. The van der Waals surface area contributed by atoms with Gasteiger partial charge in [0.15, 0.2) is 0 Å². The van der Waals surface area contributed by atoms with Gasteiger partial charge in [-0.2, -0.15) is 5.10 Å². The summed E-state index contributed by atoms with van der Waals surface area (Å²) in [6.45, 7) is 5.70. The van der Waals surface area contributed by atoms with Gasteiger partial charge in [-0.15, -0.1) is 0 Å². The second kappa shape index (κ2) is 9.81. The molecule has 0 saturated heterocycles. The molecule has 0 aliphatic rings. The number of hydrogen-bond donors (Lipinski definition) is 2. The average Bonchev–Trinajstić information content (AvgIpc) is 3.10. The van der Waals surface area contributed by atoms with Gasteiger partial charge in [-0.05, 0) is 48.2 Å². The molecule has 2 N–H and O–H groups in total. The molecule has 0 aliphatic heterocycles. The second-order valence-electron chi connectivity index (χ2n) is 7.94. The Morgan fingerprint density at radius 1 is 1.06 bits per heavy atom. The van der Waals surface area contributed by atoms with Gasteiger partial charge in [-0.3, -0.25) is 4.79 Å². The van der Waals surface area contributed by atoms with E-state index in [2.05, 4.69) is 10.4 Å². The molecule has 2 aromatic carbocycles. The number of amides is 1. The number of aryl methyl sites for hydroxylation is 1. The van der Waals surface area contributed by atoms with Gasteiger partial charge >= 0.3 is 5.97 Å². The molecular weight excluding hydrogens is 432 g/mol. The first-order valence-electron chi connectivity index (χ1n) is 10.4. The zero-order valence-electron chi connectivity index (χ0n) is 18.7. The van der Waals surface area contributed by atoms with Crippen molar-refractivity contribution >= 4 is 11.9 Å². The first kappa shape index (κ1) is 23.9. The minimum absolute atomic E-state index is 0.0999. The fraction of sp³-hybridized carbons (Fsp3) is 0.292. The molecule has 1 unspecified atom stereocenters. The summed E-state index contributed by atoms with van der Waals surface area (Å²) in [6.07, 6.45) is -2.98. The van der Waals surface area contributed by atoms with E-state index in [-0.39, 0.29) is 22.9 Å². The Hall–Kier alpha value is -3.75. The van der Waals surface area contributed by atoms with Gasteiger partial charge in [0.2, 0.25) is 5.88 Å². The Labute approximate surface area is 190 Å². The van der Waals surface area contributed by atoms with E-state index in [9.17, 15) is 18.4 Å². The van der Waals surface area contributed by atoms with Crippen molar-refractivity contribution in [1.82, 2.24) is 15.1 Å². The molecular formula is C24H25F2N3O4. The number of carbonyl (C=O) groups is 2. The van der Waals surface area contributed by atoms with Crippen LogP contribution in [0.1, 0.15) is 76.7 Å². The van der Waals surface area contributed by atoms with Gasteiger partial charge in [-0.1, -0.05) is 38.1 Å². The van der Waals surface area contributed by atoms with Crippen LogP contribution in [0.4, 0.5) is 8.78 Å². The number of carboxylic acid groups (broad SMARTS) is 1. The van der Waals surface area contributed by atoms with Crippen LogP contribution in [0.5, 0.6) is 11.6 Å². The summed E-state index contributed by atoms with van der Waals surface area (Å²) in [7, 11) is 1.43. The number of nitrogens with zero attached hydrogens (tertiary/aromatic N) is 2. The van der Waals surface area contributed by atoms with Gasteiger partial charge in [0, 0.05) is 7.05 Å². The van der Waals surface area contributed by atoms with Gasteiger partial charge < -0.3 is 15.2 Å². The minimum Gasteiger partial charge on any atom is -0.478 e. The summed E-state index contributed by atoms with van der Waals surface area (Å²) in [5, 5.41) is 15.5. The smallest absolute Gasteiger partial charge is 0.335 e. The third-order valence-electron chi connectivity index (χ3n) is 5.20. The first-order valence-corrected chi connectivity index (χ1v) is 10.4. The molecule has 3 rings (SSSR count). The standard InChI is InChI=1S/C24H25F2N3O4/c1-13(2)17-6-5-7-18(12-17)33-23-19(20(21(25)26)28-29(23)4)22(30)27-14(3)15-8-10-16(11-9-15)24(31)32/h5-14,21H,1-4H3,(H,27,30)(H,31,32). The Bertz CT molecular complexity index is 1160. The lowest BCUT2D eigenvalue weighted by Gasteiger charge is -2.16. The Kier molecular flexibility index (Phi) is 7.10. The number of hydrogen-bond acceptors (Lipinski definition) is 4. The van der Waals surface area contributed by atoms with E-state index in [4.69, 9.17) is 9.84 Å². The quantitative estimate of drug-likeness (QED) is 0.468. The Morgan fingerprint density at radius 3 is 2.30 bits per heavy atom. The summed E-state index contributed by atoms with van der Waals surface area (Å²) in [5.74, 6) is -1.32. The van der Waals surface area contributed by atoms with Crippen LogP contribution in [0.2, 0.25) is 0 Å². The number of nitrogens with one attached hydrogen (secondary N) is 1. The topological polar surface area (TPSA) is 93.4 Å². The van der Waals surface area contributed by atoms with Crippen molar-refractivity contribution in [2.45, 2.75) is 39.2 Å². The lowest BCUT2D eigenvalue weighted by atomic mass is 10.0. The molecule has 0 fully saturated rings. The molecule has 0 saturated carbocycles. The monoisotopic (exact) mass is 457 g/mol. The fourth-order valence-electron chi connectivity index (χ4n) is 3.33. The Balaban J connectivity index is 1.91. The molecule has 3 aromatic rings. The summed E-state index contributed by atoms with van der Waals surface area (Å²) in [5.41, 5.74) is 0.676. The number of benzene rings is 2. The minimum atomic E-state index is -2.98. The maximum atomic E-state index is 13.7. The second-order valence-corrected chi connectivity index (χ2v) is 7.94. The number of carbonyl (C=O) groups excluding carboxylic acids is 1.